The number of piperazine rings is 1. The number of fused-ring (bicyclic) bond motifs is 1. The van der Waals surface area contributed by atoms with Gasteiger partial charge in [-0.2, -0.15) is 14.4 Å². The molecule has 2 aromatic heterocycles. The lowest BCUT2D eigenvalue weighted by Gasteiger charge is -2.34. The maximum Gasteiger partial charge on any atom is 0.269 e. The summed E-state index contributed by atoms with van der Waals surface area (Å²) in [5.41, 5.74) is 0.665. The summed E-state index contributed by atoms with van der Waals surface area (Å²) < 4.78 is 28.8. The van der Waals surface area contributed by atoms with Gasteiger partial charge in [-0.25, -0.2) is 13.1 Å². The van der Waals surface area contributed by atoms with Gasteiger partial charge in [-0.3, -0.25) is 19.9 Å². The van der Waals surface area contributed by atoms with Crippen LogP contribution in [0, 0.1) is 10.1 Å². The SMILES string of the molecule is O=c1[nH]c(N2CCN(S(=O)(=O)c3ccc([N+](=O)[O-])cc3)CC2)nc2c1cnn2-c1ccccc1. The van der Waals surface area contributed by atoms with Crippen molar-refractivity contribution in [2.24, 2.45) is 0 Å². The van der Waals surface area contributed by atoms with Crippen molar-refractivity contribution < 1.29 is 13.3 Å². The fraction of sp³-hybridized carbons (Fsp3) is 0.190. The molecule has 0 unspecified atom stereocenters. The van der Waals surface area contributed by atoms with Crippen molar-refractivity contribution in [1.82, 2.24) is 24.1 Å². The van der Waals surface area contributed by atoms with E-state index >= 15 is 0 Å². The van der Waals surface area contributed by atoms with Crippen LogP contribution in [0.15, 0.2) is 70.5 Å². The molecule has 34 heavy (non-hydrogen) atoms. The number of nitro groups is 1. The molecule has 1 fully saturated rings. The Kier molecular flexibility index (Phi) is 5.34. The van der Waals surface area contributed by atoms with Gasteiger partial charge in [-0.15, -0.1) is 0 Å². The van der Waals surface area contributed by atoms with Crippen LogP contribution in [0.3, 0.4) is 0 Å². The average molecular weight is 481 g/mol. The standard InChI is InChI=1S/C21H19N7O5S/c29-20-18-14-22-27(15-4-2-1-3-5-15)19(18)23-21(24-20)25-10-12-26(13-11-25)34(32,33)17-8-6-16(7-9-17)28(30)31/h1-9,14H,10-13H2,(H,23,24,29). The van der Waals surface area contributed by atoms with E-state index in [0.717, 1.165) is 5.69 Å². The average Bonchev–Trinajstić information content (AvgIpc) is 3.29. The second-order valence-electron chi connectivity index (χ2n) is 7.66. The molecule has 0 amide bonds. The van der Waals surface area contributed by atoms with E-state index in [4.69, 9.17) is 0 Å². The van der Waals surface area contributed by atoms with Gasteiger partial charge in [0.25, 0.3) is 11.2 Å². The van der Waals surface area contributed by atoms with Crippen molar-refractivity contribution in [3.05, 3.63) is 81.3 Å². The maximum atomic E-state index is 13.0. The third kappa shape index (κ3) is 3.80. The first-order valence-electron chi connectivity index (χ1n) is 10.4. The molecule has 1 saturated heterocycles. The molecule has 1 aliphatic heterocycles. The summed E-state index contributed by atoms with van der Waals surface area (Å²) in [7, 11) is -3.81. The third-order valence-electron chi connectivity index (χ3n) is 5.65. The fourth-order valence-corrected chi connectivity index (χ4v) is 5.27. The highest BCUT2D eigenvalue weighted by Gasteiger charge is 2.30. The van der Waals surface area contributed by atoms with E-state index in [1.54, 1.807) is 4.68 Å². The first kappa shape index (κ1) is 21.7. The highest BCUT2D eigenvalue weighted by Crippen LogP contribution is 2.22. The molecule has 1 N–H and O–H groups in total. The van der Waals surface area contributed by atoms with Crippen LogP contribution in [-0.2, 0) is 10.0 Å². The van der Waals surface area contributed by atoms with Crippen LogP contribution < -0.4 is 10.5 Å². The molecule has 0 saturated carbocycles. The van der Waals surface area contributed by atoms with Gasteiger partial charge in [-0.1, -0.05) is 18.2 Å². The first-order chi connectivity index (χ1) is 16.3. The zero-order chi connectivity index (χ0) is 23.9. The van der Waals surface area contributed by atoms with Gasteiger partial charge in [0.1, 0.15) is 5.39 Å². The number of aromatic nitrogens is 4. The van der Waals surface area contributed by atoms with E-state index in [0.29, 0.717) is 30.1 Å². The summed E-state index contributed by atoms with van der Waals surface area (Å²) in [6.07, 6.45) is 1.46. The third-order valence-corrected chi connectivity index (χ3v) is 7.56. The first-order valence-corrected chi connectivity index (χ1v) is 11.8. The molecule has 0 spiro atoms. The molecule has 0 bridgehead atoms. The van der Waals surface area contributed by atoms with Gasteiger partial charge in [0.2, 0.25) is 16.0 Å². The zero-order valence-corrected chi connectivity index (χ0v) is 18.6. The second-order valence-corrected chi connectivity index (χ2v) is 9.60. The van der Waals surface area contributed by atoms with Crippen LogP contribution in [0.25, 0.3) is 16.7 Å². The van der Waals surface area contributed by atoms with Crippen LogP contribution in [0.5, 0.6) is 0 Å². The predicted octanol–water partition coefficient (Wildman–Crippen LogP) is 1.53. The minimum Gasteiger partial charge on any atom is -0.340 e. The largest absolute Gasteiger partial charge is 0.340 e. The fourth-order valence-electron chi connectivity index (χ4n) is 3.84. The Morgan fingerprint density at radius 3 is 2.29 bits per heavy atom. The maximum absolute atomic E-state index is 13.0. The highest BCUT2D eigenvalue weighted by molar-refractivity contribution is 7.89. The molecule has 13 heteroatoms. The van der Waals surface area contributed by atoms with Crippen molar-refractivity contribution in [2.75, 3.05) is 31.1 Å². The van der Waals surface area contributed by atoms with Gasteiger partial charge in [-0.05, 0) is 24.3 Å². The number of hydrogen-bond donors (Lipinski definition) is 1. The molecule has 0 aliphatic carbocycles. The number of aromatic amines is 1. The summed E-state index contributed by atoms with van der Waals surface area (Å²) in [6, 6.07) is 14.1. The number of non-ortho nitro benzene ring substituents is 1. The Balaban J connectivity index is 1.38. The number of nitrogens with zero attached hydrogens (tertiary/aromatic N) is 6. The monoisotopic (exact) mass is 481 g/mol. The van der Waals surface area contributed by atoms with Crippen LogP contribution in [0.1, 0.15) is 0 Å². The van der Waals surface area contributed by atoms with Gasteiger partial charge >= 0.3 is 0 Å². The molecular formula is C21H19N7O5S. The predicted molar refractivity (Wildman–Crippen MR) is 124 cm³/mol. The molecule has 174 valence electrons. The number of hydrogen-bond acceptors (Lipinski definition) is 8. The van der Waals surface area contributed by atoms with Crippen molar-refractivity contribution in [2.45, 2.75) is 4.90 Å². The Hall–Kier alpha value is -4.10. The molecule has 0 radical (unpaired) electrons. The van der Waals surface area contributed by atoms with Crippen molar-refractivity contribution in [3.63, 3.8) is 0 Å². The van der Waals surface area contributed by atoms with E-state index in [-0.39, 0.29) is 29.2 Å². The summed E-state index contributed by atoms with van der Waals surface area (Å²) in [5.74, 6) is 0.336. The lowest BCUT2D eigenvalue weighted by atomic mass is 10.3. The lowest BCUT2D eigenvalue weighted by Crippen LogP contribution is -2.49. The molecule has 2 aromatic carbocycles. The number of nitro benzene ring substituents is 1. The Morgan fingerprint density at radius 2 is 1.65 bits per heavy atom. The van der Waals surface area contributed by atoms with Crippen molar-refractivity contribution in [1.29, 1.82) is 0 Å². The number of rotatable bonds is 5. The summed E-state index contributed by atoms with van der Waals surface area (Å²) in [5, 5.41) is 15.5. The Bertz CT molecular complexity index is 1520. The van der Waals surface area contributed by atoms with Crippen LogP contribution >= 0.6 is 0 Å². The van der Waals surface area contributed by atoms with Gasteiger partial charge < -0.3 is 4.90 Å². The summed E-state index contributed by atoms with van der Waals surface area (Å²) in [6.45, 7) is 0.943. The Morgan fingerprint density at radius 1 is 0.971 bits per heavy atom. The molecule has 0 atom stereocenters. The number of para-hydroxylation sites is 1. The van der Waals surface area contributed by atoms with Gasteiger partial charge in [0, 0.05) is 38.3 Å². The molecule has 1 aliphatic rings. The number of H-pyrrole nitrogens is 1. The molecule has 4 aromatic rings. The number of benzene rings is 2. The number of sulfonamides is 1. The van der Waals surface area contributed by atoms with E-state index in [9.17, 15) is 23.3 Å². The smallest absolute Gasteiger partial charge is 0.269 e. The molecule has 12 nitrogen and oxygen atoms in total. The van der Waals surface area contributed by atoms with E-state index in [1.807, 2.05) is 35.2 Å². The topological polar surface area (TPSA) is 147 Å². The number of nitrogens with one attached hydrogen (secondary N) is 1. The number of anilines is 1. The van der Waals surface area contributed by atoms with Gasteiger partial charge in [0.05, 0.1) is 21.7 Å². The lowest BCUT2D eigenvalue weighted by molar-refractivity contribution is -0.384. The summed E-state index contributed by atoms with van der Waals surface area (Å²) >= 11 is 0. The van der Waals surface area contributed by atoms with E-state index in [1.165, 1.54) is 34.8 Å². The quantitative estimate of drug-likeness (QED) is 0.333. The minimum absolute atomic E-state index is 0.00809. The van der Waals surface area contributed by atoms with Crippen LogP contribution in [0.2, 0.25) is 0 Å². The summed E-state index contributed by atoms with van der Waals surface area (Å²) in [4.78, 5) is 32.1. The molecular weight excluding hydrogens is 462 g/mol. The Labute approximate surface area is 193 Å². The molecule has 3 heterocycles. The zero-order valence-electron chi connectivity index (χ0n) is 17.7. The normalized spacial score (nSPS) is 15.0. The van der Waals surface area contributed by atoms with Crippen molar-refractivity contribution >= 4 is 32.7 Å². The second kappa shape index (κ2) is 8.35. The highest BCUT2D eigenvalue weighted by atomic mass is 32.2. The van der Waals surface area contributed by atoms with Crippen LogP contribution in [-0.4, -0.2) is 63.6 Å². The minimum atomic E-state index is -3.81. The van der Waals surface area contributed by atoms with Gasteiger partial charge in [0.15, 0.2) is 5.65 Å². The van der Waals surface area contributed by atoms with Crippen LogP contribution in [0.4, 0.5) is 11.6 Å². The van der Waals surface area contributed by atoms with E-state index in [2.05, 4.69) is 15.1 Å². The van der Waals surface area contributed by atoms with E-state index < -0.39 is 14.9 Å². The van der Waals surface area contributed by atoms with Crippen molar-refractivity contribution in [3.8, 4) is 5.69 Å². The molecule has 5 rings (SSSR count).